The summed E-state index contributed by atoms with van der Waals surface area (Å²) >= 11 is 0. The number of hydrogen-bond acceptors (Lipinski definition) is 4. The minimum absolute atomic E-state index is 0.0490. The van der Waals surface area contributed by atoms with Crippen molar-refractivity contribution in [3.8, 4) is 0 Å². The van der Waals surface area contributed by atoms with E-state index < -0.39 is 0 Å². The van der Waals surface area contributed by atoms with Crippen molar-refractivity contribution in [1.29, 1.82) is 0 Å². The number of benzene rings is 1. The molecule has 124 valence electrons. The van der Waals surface area contributed by atoms with Crippen LogP contribution in [-0.4, -0.2) is 38.5 Å². The molecular formula is C17H19N5O2. The third kappa shape index (κ3) is 2.67. The summed E-state index contributed by atoms with van der Waals surface area (Å²) in [5.41, 5.74) is 2.55. The summed E-state index contributed by atoms with van der Waals surface area (Å²) in [6.45, 7) is 3.49. The Bertz CT molecular complexity index is 869. The molecule has 1 aliphatic heterocycles. The predicted octanol–water partition coefficient (Wildman–Crippen LogP) is 2.04. The number of fused-ring (bicyclic) bond motifs is 1. The van der Waals surface area contributed by atoms with E-state index in [0.717, 1.165) is 29.4 Å². The maximum absolute atomic E-state index is 12.6. The van der Waals surface area contributed by atoms with E-state index in [1.54, 1.807) is 12.3 Å². The molecule has 7 heteroatoms. The van der Waals surface area contributed by atoms with Crippen LogP contribution in [-0.2, 0) is 11.3 Å². The van der Waals surface area contributed by atoms with Crippen molar-refractivity contribution < 1.29 is 9.53 Å². The number of ether oxygens (including phenoxy) is 1. The molecule has 0 saturated carbocycles. The summed E-state index contributed by atoms with van der Waals surface area (Å²) in [4.78, 5) is 12.6. The van der Waals surface area contributed by atoms with Crippen LogP contribution in [0.25, 0.3) is 10.9 Å². The summed E-state index contributed by atoms with van der Waals surface area (Å²) in [6, 6.07) is 5.46. The number of nitrogens with zero attached hydrogens (tertiary/aromatic N) is 3. The molecule has 4 rings (SSSR count). The van der Waals surface area contributed by atoms with Gasteiger partial charge in [-0.25, -0.2) is 0 Å². The van der Waals surface area contributed by atoms with Gasteiger partial charge in [0.25, 0.3) is 5.91 Å². The average molecular weight is 325 g/mol. The van der Waals surface area contributed by atoms with Gasteiger partial charge in [0.15, 0.2) is 0 Å². The Morgan fingerprint density at radius 1 is 1.46 bits per heavy atom. The zero-order chi connectivity index (χ0) is 16.5. The zero-order valence-corrected chi connectivity index (χ0v) is 13.4. The van der Waals surface area contributed by atoms with Gasteiger partial charge in [0.2, 0.25) is 0 Å². The minimum atomic E-state index is -0.146. The Morgan fingerprint density at radius 2 is 2.38 bits per heavy atom. The van der Waals surface area contributed by atoms with E-state index in [1.807, 2.05) is 36.1 Å². The van der Waals surface area contributed by atoms with Crippen LogP contribution in [0.3, 0.4) is 0 Å². The number of amides is 1. The summed E-state index contributed by atoms with van der Waals surface area (Å²) in [5.74, 6) is -0.0958. The summed E-state index contributed by atoms with van der Waals surface area (Å²) in [7, 11) is 0. The topological polar surface area (TPSA) is 84.8 Å². The third-order valence-corrected chi connectivity index (χ3v) is 4.42. The highest BCUT2D eigenvalue weighted by atomic mass is 16.5. The zero-order valence-electron chi connectivity index (χ0n) is 13.4. The second kappa shape index (κ2) is 6.09. The minimum Gasteiger partial charge on any atom is -0.371 e. The number of H-pyrrole nitrogens is 1. The summed E-state index contributed by atoms with van der Waals surface area (Å²) < 4.78 is 7.68. The van der Waals surface area contributed by atoms with Crippen LogP contribution < -0.4 is 5.32 Å². The molecule has 0 unspecified atom stereocenters. The Hall–Kier alpha value is -2.67. The first-order valence-electron chi connectivity index (χ1n) is 8.12. The number of carbonyl (C=O) groups excluding carboxylic acids is 1. The molecule has 3 aromatic rings. The highest BCUT2D eigenvalue weighted by Gasteiger charge is 2.32. The molecule has 2 atom stereocenters. The van der Waals surface area contributed by atoms with Gasteiger partial charge in [0, 0.05) is 35.9 Å². The number of nitrogens with one attached hydrogen (secondary N) is 2. The number of aromatic nitrogens is 4. The van der Waals surface area contributed by atoms with Crippen LogP contribution in [0.15, 0.2) is 36.8 Å². The lowest BCUT2D eigenvalue weighted by Gasteiger charge is -2.18. The molecule has 0 aliphatic carbocycles. The average Bonchev–Trinajstić information content (AvgIpc) is 3.33. The monoisotopic (exact) mass is 325 g/mol. The maximum atomic E-state index is 12.6. The van der Waals surface area contributed by atoms with Gasteiger partial charge in [-0.05, 0) is 31.5 Å². The second-order valence-electron chi connectivity index (χ2n) is 5.96. The number of rotatable bonds is 4. The fourth-order valence-electron chi connectivity index (χ4n) is 3.10. The van der Waals surface area contributed by atoms with E-state index >= 15 is 0 Å². The van der Waals surface area contributed by atoms with Gasteiger partial charge in [-0.3, -0.25) is 14.6 Å². The molecule has 1 saturated heterocycles. The maximum Gasteiger partial charge on any atom is 0.251 e. The molecule has 2 aromatic heterocycles. The molecular weight excluding hydrogens is 306 g/mol. The fourth-order valence-corrected chi connectivity index (χ4v) is 3.10. The van der Waals surface area contributed by atoms with E-state index in [-0.39, 0.29) is 18.1 Å². The second-order valence-corrected chi connectivity index (χ2v) is 5.96. The lowest BCUT2D eigenvalue weighted by Crippen LogP contribution is -2.36. The molecule has 1 fully saturated rings. The van der Waals surface area contributed by atoms with Crippen molar-refractivity contribution in [2.45, 2.75) is 32.0 Å². The van der Waals surface area contributed by atoms with Gasteiger partial charge >= 0.3 is 0 Å². The molecule has 0 radical (unpaired) electrons. The first-order valence-corrected chi connectivity index (χ1v) is 8.12. The van der Waals surface area contributed by atoms with Crippen molar-refractivity contribution in [2.24, 2.45) is 0 Å². The predicted molar refractivity (Wildman–Crippen MR) is 88.6 cm³/mol. The number of aromatic amines is 1. The SMILES string of the molecule is CCn1cc([C@H]2OCC[C@@H]2NC(=O)c2ccc3[nH]ncc3c2)cn1. The molecule has 1 aliphatic rings. The van der Waals surface area contributed by atoms with Crippen molar-refractivity contribution in [1.82, 2.24) is 25.3 Å². The molecule has 1 amide bonds. The van der Waals surface area contributed by atoms with Gasteiger partial charge < -0.3 is 10.1 Å². The molecule has 24 heavy (non-hydrogen) atoms. The number of carbonyl (C=O) groups is 1. The summed E-state index contributed by atoms with van der Waals surface area (Å²) in [6.07, 6.45) is 6.16. The van der Waals surface area contributed by atoms with Gasteiger partial charge in [-0.15, -0.1) is 0 Å². The first-order chi connectivity index (χ1) is 11.7. The Kier molecular flexibility index (Phi) is 3.78. The van der Waals surface area contributed by atoms with Crippen molar-refractivity contribution in [3.63, 3.8) is 0 Å². The Balaban J connectivity index is 1.51. The van der Waals surface area contributed by atoms with E-state index in [1.165, 1.54) is 0 Å². The van der Waals surface area contributed by atoms with Crippen molar-refractivity contribution >= 4 is 16.8 Å². The standard InChI is InChI=1S/C17H19N5O2/c1-2-22-10-13(9-19-22)16-15(5-6-24-16)20-17(23)11-3-4-14-12(7-11)8-18-21-14/h3-4,7-10,15-16H,2,5-6H2,1H3,(H,18,21)(H,20,23)/t15-,16+/m0/s1. The van der Waals surface area contributed by atoms with Crippen molar-refractivity contribution in [3.05, 3.63) is 47.9 Å². The third-order valence-electron chi connectivity index (χ3n) is 4.42. The lowest BCUT2D eigenvalue weighted by molar-refractivity contribution is 0.0821. The van der Waals surface area contributed by atoms with Gasteiger partial charge in [0.05, 0.1) is 24.0 Å². The fraction of sp³-hybridized carbons (Fsp3) is 0.353. The lowest BCUT2D eigenvalue weighted by atomic mass is 10.0. The van der Waals surface area contributed by atoms with Crippen LogP contribution in [0.1, 0.15) is 35.4 Å². The highest BCUT2D eigenvalue weighted by Crippen LogP contribution is 2.29. The Labute approximate surface area is 139 Å². The Morgan fingerprint density at radius 3 is 3.21 bits per heavy atom. The van der Waals surface area contributed by atoms with Crippen LogP contribution in [0.5, 0.6) is 0 Å². The van der Waals surface area contributed by atoms with Gasteiger partial charge in [-0.1, -0.05) is 0 Å². The smallest absolute Gasteiger partial charge is 0.251 e. The van der Waals surface area contributed by atoms with Crippen LogP contribution >= 0.6 is 0 Å². The molecule has 1 aromatic carbocycles. The molecule has 2 N–H and O–H groups in total. The first kappa shape index (κ1) is 14.9. The molecule has 3 heterocycles. The number of hydrogen-bond donors (Lipinski definition) is 2. The molecule has 7 nitrogen and oxygen atoms in total. The van der Waals surface area contributed by atoms with E-state index in [9.17, 15) is 4.79 Å². The van der Waals surface area contributed by atoms with Crippen molar-refractivity contribution in [2.75, 3.05) is 6.61 Å². The largest absolute Gasteiger partial charge is 0.371 e. The molecule has 0 spiro atoms. The van der Waals surface area contributed by atoms with Crippen LogP contribution in [0.2, 0.25) is 0 Å². The normalized spacial score (nSPS) is 20.5. The van der Waals surface area contributed by atoms with E-state index in [4.69, 9.17) is 4.74 Å². The van der Waals surface area contributed by atoms with Gasteiger partial charge in [0.1, 0.15) is 6.10 Å². The van der Waals surface area contributed by atoms with E-state index in [0.29, 0.717) is 12.2 Å². The quantitative estimate of drug-likeness (QED) is 0.769. The van der Waals surface area contributed by atoms with Gasteiger partial charge in [-0.2, -0.15) is 10.2 Å². The van der Waals surface area contributed by atoms with Crippen LogP contribution in [0.4, 0.5) is 0 Å². The van der Waals surface area contributed by atoms with Crippen LogP contribution in [0, 0.1) is 0 Å². The highest BCUT2D eigenvalue weighted by molar-refractivity contribution is 5.98. The molecule has 0 bridgehead atoms. The summed E-state index contributed by atoms with van der Waals surface area (Å²) in [5, 5.41) is 15.2. The number of aryl methyl sites for hydroxylation is 1. The van der Waals surface area contributed by atoms with E-state index in [2.05, 4.69) is 20.6 Å².